The Bertz CT molecular complexity index is 454. The summed E-state index contributed by atoms with van der Waals surface area (Å²) < 4.78 is 5.39. The zero-order valence-corrected chi connectivity index (χ0v) is 10.7. The van der Waals surface area contributed by atoms with Crippen LogP contribution >= 0.6 is 0 Å². The second-order valence-electron chi connectivity index (χ2n) is 4.87. The number of hydrogen-bond acceptors (Lipinski definition) is 4. The lowest BCUT2D eigenvalue weighted by atomic mass is 10.0. The van der Waals surface area contributed by atoms with Gasteiger partial charge in [-0.2, -0.15) is 0 Å². The Labute approximate surface area is 107 Å². The van der Waals surface area contributed by atoms with Gasteiger partial charge in [0, 0.05) is 19.2 Å². The molecule has 5 nitrogen and oxygen atoms in total. The molecule has 1 aromatic carbocycles. The number of nitrogens with two attached hydrogens (primary N) is 1. The lowest BCUT2D eigenvalue weighted by Gasteiger charge is -2.26. The van der Waals surface area contributed by atoms with E-state index in [0.717, 1.165) is 18.7 Å². The first-order valence-electron chi connectivity index (χ1n) is 6.02. The van der Waals surface area contributed by atoms with Crippen molar-refractivity contribution in [3.05, 3.63) is 23.8 Å². The fourth-order valence-electron chi connectivity index (χ4n) is 2.04. The van der Waals surface area contributed by atoms with Crippen molar-refractivity contribution in [1.29, 1.82) is 0 Å². The third kappa shape index (κ3) is 2.56. The Balaban J connectivity index is 2.23. The molecule has 0 saturated carbocycles. The number of amides is 1. The summed E-state index contributed by atoms with van der Waals surface area (Å²) >= 11 is 0. The van der Waals surface area contributed by atoms with Gasteiger partial charge in [-0.05, 0) is 31.5 Å². The molecule has 0 spiro atoms. The molecule has 1 fully saturated rings. The molecule has 1 unspecified atom stereocenters. The van der Waals surface area contributed by atoms with Gasteiger partial charge in [-0.3, -0.25) is 4.79 Å². The first-order chi connectivity index (χ1) is 8.54. The Morgan fingerprint density at radius 3 is 2.89 bits per heavy atom. The lowest BCUT2D eigenvalue weighted by molar-refractivity contribution is 0.0963. The van der Waals surface area contributed by atoms with Gasteiger partial charge in [0.25, 0.3) is 5.91 Å². The van der Waals surface area contributed by atoms with E-state index >= 15 is 0 Å². The SMILES string of the molecule is CNC(=O)c1ccc(N)c(NC2(C)CCOC2)c1. The van der Waals surface area contributed by atoms with Crippen molar-refractivity contribution in [3.63, 3.8) is 0 Å². The highest BCUT2D eigenvalue weighted by Gasteiger charge is 2.30. The van der Waals surface area contributed by atoms with E-state index in [-0.39, 0.29) is 11.4 Å². The topological polar surface area (TPSA) is 76.4 Å². The van der Waals surface area contributed by atoms with Crippen LogP contribution in [-0.2, 0) is 4.74 Å². The zero-order chi connectivity index (χ0) is 13.2. The molecular weight excluding hydrogens is 230 g/mol. The van der Waals surface area contributed by atoms with Crippen LogP contribution in [0.1, 0.15) is 23.7 Å². The second-order valence-corrected chi connectivity index (χ2v) is 4.87. The van der Waals surface area contributed by atoms with Crippen molar-refractivity contribution in [2.24, 2.45) is 0 Å². The Morgan fingerprint density at radius 2 is 2.28 bits per heavy atom. The molecule has 1 amide bonds. The molecule has 1 heterocycles. The van der Waals surface area contributed by atoms with Gasteiger partial charge < -0.3 is 21.1 Å². The monoisotopic (exact) mass is 249 g/mol. The fourth-order valence-corrected chi connectivity index (χ4v) is 2.04. The maximum atomic E-state index is 11.6. The van der Waals surface area contributed by atoms with E-state index in [0.29, 0.717) is 17.9 Å². The highest BCUT2D eigenvalue weighted by Crippen LogP contribution is 2.28. The summed E-state index contributed by atoms with van der Waals surface area (Å²) in [5.74, 6) is -0.120. The molecule has 0 aliphatic carbocycles. The number of rotatable bonds is 3. The molecule has 4 N–H and O–H groups in total. The van der Waals surface area contributed by atoms with Crippen LogP contribution in [0, 0.1) is 0 Å². The van der Waals surface area contributed by atoms with Crippen LogP contribution in [0.25, 0.3) is 0 Å². The number of nitrogen functional groups attached to an aromatic ring is 1. The van der Waals surface area contributed by atoms with Gasteiger partial charge in [0.1, 0.15) is 0 Å². The first kappa shape index (κ1) is 12.7. The van der Waals surface area contributed by atoms with Crippen LogP contribution in [0.4, 0.5) is 11.4 Å². The van der Waals surface area contributed by atoms with Gasteiger partial charge in [-0.25, -0.2) is 0 Å². The molecule has 2 rings (SSSR count). The average Bonchev–Trinajstić information content (AvgIpc) is 2.78. The van der Waals surface area contributed by atoms with Crippen molar-refractivity contribution in [1.82, 2.24) is 5.32 Å². The van der Waals surface area contributed by atoms with Crippen molar-refractivity contribution < 1.29 is 9.53 Å². The first-order valence-corrected chi connectivity index (χ1v) is 6.02. The quantitative estimate of drug-likeness (QED) is 0.704. The number of carbonyl (C=O) groups is 1. The van der Waals surface area contributed by atoms with Crippen molar-refractivity contribution in [2.45, 2.75) is 18.9 Å². The number of carbonyl (C=O) groups excluding carboxylic acids is 1. The van der Waals surface area contributed by atoms with Crippen LogP contribution in [0.3, 0.4) is 0 Å². The average molecular weight is 249 g/mol. The number of hydrogen-bond donors (Lipinski definition) is 3. The number of anilines is 2. The molecule has 0 bridgehead atoms. The number of nitrogens with one attached hydrogen (secondary N) is 2. The third-order valence-corrected chi connectivity index (χ3v) is 3.20. The Hall–Kier alpha value is -1.75. The maximum absolute atomic E-state index is 11.6. The Kier molecular flexibility index (Phi) is 3.43. The standard InChI is InChI=1S/C13H19N3O2/c1-13(5-6-18-8-13)16-11-7-9(12(17)15-2)3-4-10(11)14/h3-4,7,16H,5-6,8,14H2,1-2H3,(H,15,17). The second kappa shape index (κ2) is 4.86. The van der Waals surface area contributed by atoms with E-state index in [1.807, 2.05) is 0 Å². The van der Waals surface area contributed by atoms with Crippen molar-refractivity contribution in [2.75, 3.05) is 31.3 Å². The molecule has 1 aromatic rings. The van der Waals surface area contributed by atoms with Gasteiger partial charge in [0.15, 0.2) is 0 Å². The highest BCUT2D eigenvalue weighted by molar-refractivity contribution is 5.96. The molecule has 98 valence electrons. The number of ether oxygens (including phenoxy) is 1. The molecule has 0 aromatic heterocycles. The van der Waals surface area contributed by atoms with E-state index in [2.05, 4.69) is 17.6 Å². The third-order valence-electron chi connectivity index (χ3n) is 3.20. The summed E-state index contributed by atoms with van der Waals surface area (Å²) in [6, 6.07) is 5.23. The van der Waals surface area contributed by atoms with Gasteiger partial charge in [-0.15, -0.1) is 0 Å². The predicted molar refractivity (Wildman–Crippen MR) is 71.7 cm³/mol. The minimum absolute atomic E-state index is 0.116. The minimum Gasteiger partial charge on any atom is -0.397 e. The summed E-state index contributed by atoms with van der Waals surface area (Å²) in [5.41, 5.74) is 7.83. The van der Waals surface area contributed by atoms with E-state index in [1.165, 1.54) is 0 Å². The molecule has 0 radical (unpaired) electrons. The van der Waals surface area contributed by atoms with Gasteiger partial charge in [-0.1, -0.05) is 0 Å². The van der Waals surface area contributed by atoms with Gasteiger partial charge in [0.2, 0.25) is 0 Å². The van der Waals surface area contributed by atoms with Gasteiger partial charge >= 0.3 is 0 Å². The summed E-state index contributed by atoms with van der Waals surface area (Å²) in [7, 11) is 1.61. The molecular formula is C13H19N3O2. The summed E-state index contributed by atoms with van der Waals surface area (Å²) in [6.45, 7) is 3.49. The van der Waals surface area contributed by atoms with Crippen LogP contribution in [0.15, 0.2) is 18.2 Å². The number of benzene rings is 1. The normalized spacial score (nSPS) is 22.8. The lowest BCUT2D eigenvalue weighted by Crippen LogP contribution is -2.35. The van der Waals surface area contributed by atoms with E-state index in [9.17, 15) is 4.79 Å². The zero-order valence-electron chi connectivity index (χ0n) is 10.7. The highest BCUT2D eigenvalue weighted by atomic mass is 16.5. The van der Waals surface area contributed by atoms with Crippen molar-refractivity contribution in [3.8, 4) is 0 Å². The molecule has 1 saturated heterocycles. The van der Waals surface area contributed by atoms with Crippen LogP contribution < -0.4 is 16.4 Å². The largest absolute Gasteiger partial charge is 0.397 e. The van der Waals surface area contributed by atoms with E-state index in [4.69, 9.17) is 10.5 Å². The molecule has 1 aliphatic heterocycles. The van der Waals surface area contributed by atoms with Crippen LogP contribution in [0.5, 0.6) is 0 Å². The van der Waals surface area contributed by atoms with Crippen molar-refractivity contribution >= 4 is 17.3 Å². The summed E-state index contributed by atoms with van der Waals surface area (Å²) in [4.78, 5) is 11.6. The molecule has 18 heavy (non-hydrogen) atoms. The van der Waals surface area contributed by atoms with Crippen LogP contribution in [-0.4, -0.2) is 31.7 Å². The minimum atomic E-state index is -0.120. The van der Waals surface area contributed by atoms with E-state index in [1.54, 1.807) is 25.2 Å². The molecule has 5 heteroatoms. The maximum Gasteiger partial charge on any atom is 0.251 e. The van der Waals surface area contributed by atoms with E-state index < -0.39 is 0 Å². The summed E-state index contributed by atoms with van der Waals surface area (Å²) in [5, 5.41) is 5.97. The molecule has 1 atom stereocenters. The van der Waals surface area contributed by atoms with Crippen LogP contribution in [0.2, 0.25) is 0 Å². The van der Waals surface area contributed by atoms with Gasteiger partial charge in [0.05, 0.1) is 23.5 Å². The Morgan fingerprint density at radius 1 is 1.50 bits per heavy atom. The predicted octanol–water partition coefficient (Wildman–Crippen LogP) is 1.22. The molecule has 1 aliphatic rings. The fraction of sp³-hybridized carbons (Fsp3) is 0.462. The summed E-state index contributed by atoms with van der Waals surface area (Å²) in [6.07, 6.45) is 0.927. The smallest absolute Gasteiger partial charge is 0.251 e.